The van der Waals surface area contributed by atoms with Crippen LogP contribution in [0.5, 0.6) is 5.75 Å². The quantitative estimate of drug-likeness (QED) is 0.532. The van der Waals surface area contributed by atoms with Gasteiger partial charge in [0.1, 0.15) is 11.4 Å². The molecule has 1 N–H and O–H groups in total. The van der Waals surface area contributed by atoms with E-state index >= 15 is 0 Å². The summed E-state index contributed by atoms with van der Waals surface area (Å²) < 4.78 is 13.1. The lowest BCUT2D eigenvalue weighted by atomic mass is 10.2. The van der Waals surface area contributed by atoms with Crippen LogP contribution in [0.1, 0.15) is 5.56 Å². The standard InChI is InChI=1S/C23H24N6O2/c1-16-14-25-23(27-22(16)19-15-24-21-5-3-4-8-29(19)21)26-18-7-6-17(13-20(18)30-2)28-9-11-31-12-10-28/h3-8,13-15H,9-12H2,1-2H3,(H,25,26,27). The van der Waals surface area contributed by atoms with E-state index in [1.807, 2.05) is 60.2 Å². The first kappa shape index (κ1) is 19.3. The smallest absolute Gasteiger partial charge is 0.227 e. The van der Waals surface area contributed by atoms with Crippen LogP contribution >= 0.6 is 0 Å². The highest BCUT2D eigenvalue weighted by Gasteiger charge is 2.16. The van der Waals surface area contributed by atoms with Gasteiger partial charge in [-0.1, -0.05) is 6.07 Å². The van der Waals surface area contributed by atoms with Gasteiger partial charge in [0.05, 0.1) is 43.6 Å². The Hall–Kier alpha value is -3.65. The topological polar surface area (TPSA) is 76.8 Å². The fourth-order valence-electron chi connectivity index (χ4n) is 3.79. The third-order valence-corrected chi connectivity index (χ3v) is 5.44. The molecule has 0 aliphatic carbocycles. The molecule has 0 unspecified atom stereocenters. The van der Waals surface area contributed by atoms with Crippen molar-refractivity contribution < 1.29 is 9.47 Å². The molecule has 3 aromatic heterocycles. The van der Waals surface area contributed by atoms with Crippen molar-refractivity contribution in [2.45, 2.75) is 6.92 Å². The molecule has 1 saturated heterocycles. The summed E-state index contributed by atoms with van der Waals surface area (Å²) >= 11 is 0. The van der Waals surface area contributed by atoms with Crippen LogP contribution < -0.4 is 15.0 Å². The maximum atomic E-state index is 5.64. The van der Waals surface area contributed by atoms with E-state index in [2.05, 4.69) is 26.3 Å². The number of ether oxygens (including phenoxy) is 2. The van der Waals surface area contributed by atoms with Crippen LogP contribution in [-0.2, 0) is 4.74 Å². The zero-order valence-corrected chi connectivity index (χ0v) is 17.6. The minimum atomic E-state index is 0.504. The molecule has 0 atom stereocenters. The number of benzene rings is 1. The van der Waals surface area contributed by atoms with Crippen molar-refractivity contribution in [2.75, 3.05) is 43.6 Å². The number of morpholine rings is 1. The second kappa shape index (κ2) is 8.23. The molecule has 1 aliphatic heterocycles. The molecular formula is C23H24N6O2. The number of fused-ring (bicyclic) bond motifs is 1. The van der Waals surface area contributed by atoms with Crippen LogP contribution in [0.15, 0.2) is 55.0 Å². The molecule has 0 saturated carbocycles. The van der Waals surface area contributed by atoms with Gasteiger partial charge in [0.25, 0.3) is 0 Å². The van der Waals surface area contributed by atoms with Gasteiger partial charge in [0, 0.05) is 37.2 Å². The van der Waals surface area contributed by atoms with Gasteiger partial charge >= 0.3 is 0 Å². The summed E-state index contributed by atoms with van der Waals surface area (Å²) in [6.07, 6.45) is 5.65. The number of rotatable bonds is 5. The lowest BCUT2D eigenvalue weighted by Crippen LogP contribution is -2.36. The van der Waals surface area contributed by atoms with Crippen molar-refractivity contribution in [3.05, 3.63) is 60.6 Å². The van der Waals surface area contributed by atoms with E-state index < -0.39 is 0 Å². The third kappa shape index (κ3) is 3.77. The molecule has 0 amide bonds. The fraction of sp³-hybridized carbons (Fsp3) is 0.261. The minimum absolute atomic E-state index is 0.504. The molecule has 0 bridgehead atoms. The first-order valence-corrected chi connectivity index (χ1v) is 10.3. The van der Waals surface area contributed by atoms with Crippen LogP contribution in [0.2, 0.25) is 0 Å². The Morgan fingerprint density at radius 3 is 2.77 bits per heavy atom. The number of aryl methyl sites for hydroxylation is 1. The Kier molecular flexibility index (Phi) is 5.13. The summed E-state index contributed by atoms with van der Waals surface area (Å²) in [5, 5.41) is 3.31. The summed E-state index contributed by atoms with van der Waals surface area (Å²) in [5.74, 6) is 1.24. The Labute approximate surface area is 180 Å². The molecule has 5 rings (SSSR count). The minimum Gasteiger partial charge on any atom is -0.494 e. The number of pyridine rings is 1. The molecule has 4 aromatic rings. The predicted octanol–water partition coefficient (Wildman–Crippen LogP) is 3.69. The molecule has 1 aromatic carbocycles. The van der Waals surface area contributed by atoms with E-state index in [4.69, 9.17) is 14.5 Å². The van der Waals surface area contributed by atoms with Crippen LogP contribution in [-0.4, -0.2) is 52.8 Å². The highest BCUT2D eigenvalue weighted by atomic mass is 16.5. The summed E-state index contributed by atoms with van der Waals surface area (Å²) in [6, 6.07) is 12.0. The van der Waals surface area contributed by atoms with E-state index in [-0.39, 0.29) is 0 Å². The van der Waals surface area contributed by atoms with Gasteiger partial charge in [-0.3, -0.25) is 4.40 Å². The zero-order chi connectivity index (χ0) is 21.2. The molecule has 1 aliphatic rings. The van der Waals surface area contributed by atoms with Crippen molar-refractivity contribution in [1.29, 1.82) is 0 Å². The molecule has 1 fully saturated rings. The molecule has 0 spiro atoms. The molecule has 31 heavy (non-hydrogen) atoms. The van der Waals surface area contributed by atoms with E-state index in [9.17, 15) is 0 Å². The lowest BCUT2D eigenvalue weighted by Gasteiger charge is -2.29. The van der Waals surface area contributed by atoms with Gasteiger partial charge in [-0.2, -0.15) is 0 Å². The average Bonchev–Trinajstić information content (AvgIpc) is 3.25. The first-order valence-electron chi connectivity index (χ1n) is 10.3. The summed E-state index contributed by atoms with van der Waals surface area (Å²) in [7, 11) is 1.67. The summed E-state index contributed by atoms with van der Waals surface area (Å²) in [4.78, 5) is 16.0. The number of methoxy groups -OCH3 is 1. The van der Waals surface area contributed by atoms with E-state index in [1.165, 1.54) is 0 Å². The van der Waals surface area contributed by atoms with Crippen molar-refractivity contribution in [1.82, 2.24) is 19.4 Å². The fourth-order valence-corrected chi connectivity index (χ4v) is 3.79. The zero-order valence-electron chi connectivity index (χ0n) is 17.6. The normalized spacial score (nSPS) is 14.1. The Bertz CT molecular complexity index is 1220. The molecule has 8 heteroatoms. The van der Waals surface area contributed by atoms with Gasteiger partial charge in [0.2, 0.25) is 5.95 Å². The summed E-state index contributed by atoms with van der Waals surface area (Å²) in [6.45, 7) is 5.23. The number of nitrogens with zero attached hydrogens (tertiary/aromatic N) is 5. The van der Waals surface area contributed by atoms with Gasteiger partial charge in [0.15, 0.2) is 0 Å². The number of aromatic nitrogens is 4. The van der Waals surface area contributed by atoms with Crippen molar-refractivity contribution in [3.63, 3.8) is 0 Å². The second-order valence-corrected chi connectivity index (χ2v) is 7.41. The average molecular weight is 416 g/mol. The van der Waals surface area contributed by atoms with Gasteiger partial charge in [-0.05, 0) is 36.8 Å². The van der Waals surface area contributed by atoms with Gasteiger partial charge < -0.3 is 19.7 Å². The van der Waals surface area contributed by atoms with Crippen molar-refractivity contribution in [3.8, 4) is 17.1 Å². The lowest BCUT2D eigenvalue weighted by molar-refractivity contribution is 0.122. The second-order valence-electron chi connectivity index (χ2n) is 7.41. The van der Waals surface area contributed by atoms with E-state index in [0.717, 1.165) is 66.0 Å². The van der Waals surface area contributed by atoms with Crippen LogP contribution in [0, 0.1) is 6.92 Å². The SMILES string of the molecule is COc1cc(N2CCOCC2)ccc1Nc1ncc(C)c(-c2cnc3ccccn23)n1. The summed E-state index contributed by atoms with van der Waals surface area (Å²) in [5.41, 5.74) is 5.54. The highest BCUT2D eigenvalue weighted by molar-refractivity contribution is 5.70. The Balaban J connectivity index is 1.46. The van der Waals surface area contributed by atoms with E-state index in [0.29, 0.717) is 5.95 Å². The van der Waals surface area contributed by atoms with Gasteiger partial charge in [-0.25, -0.2) is 15.0 Å². The molecule has 158 valence electrons. The van der Waals surface area contributed by atoms with Crippen LogP contribution in [0.3, 0.4) is 0 Å². The molecular weight excluding hydrogens is 392 g/mol. The molecule has 8 nitrogen and oxygen atoms in total. The number of imidazole rings is 1. The maximum Gasteiger partial charge on any atom is 0.227 e. The largest absolute Gasteiger partial charge is 0.494 e. The van der Waals surface area contributed by atoms with Crippen LogP contribution in [0.25, 0.3) is 17.0 Å². The molecule has 4 heterocycles. The van der Waals surface area contributed by atoms with Crippen LogP contribution in [0.4, 0.5) is 17.3 Å². The van der Waals surface area contributed by atoms with Gasteiger partial charge in [-0.15, -0.1) is 0 Å². The Morgan fingerprint density at radius 2 is 1.94 bits per heavy atom. The highest BCUT2D eigenvalue weighted by Crippen LogP contribution is 2.32. The Morgan fingerprint density at radius 1 is 1.06 bits per heavy atom. The number of hydrogen-bond acceptors (Lipinski definition) is 7. The maximum absolute atomic E-state index is 5.64. The number of hydrogen-bond donors (Lipinski definition) is 1. The molecule has 0 radical (unpaired) electrons. The number of anilines is 3. The number of nitrogens with one attached hydrogen (secondary N) is 1. The predicted molar refractivity (Wildman–Crippen MR) is 120 cm³/mol. The third-order valence-electron chi connectivity index (χ3n) is 5.44. The first-order chi connectivity index (χ1) is 15.2. The van der Waals surface area contributed by atoms with Crippen molar-refractivity contribution >= 4 is 23.0 Å². The van der Waals surface area contributed by atoms with E-state index in [1.54, 1.807) is 7.11 Å². The monoisotopic (exact) mass is 416 g/mol. The van der Waals surface area contributed by atoms with Crippen molar-refractivity contribution in [2.24, 2.45) is 0 Å².